The van der Waals surface area contributed by atoms with Crippen LogP contribution in [-0.2, 0) is 4.79 Å². The van der Waals surface area contributed by atoms with E-state index < -0.39 is 17.9 Å². The molecule has 1 aromatic heterocycles. The summed E-state index contributed by atoms with van der Waals surface area (Å²) < 4.78 is 4.89. The Kier molecular flexibility index (Phi) is 5.02. The molecule has 1 aromatic rings. The van der Waals surface area contributed by atoms with Gasteiger partial charge in [-0.1, -0.05) is 0 Å². The predicted molar refractivity (Wildman–Crippen MR) is 63.1 cm³/mol. The van der Waals surface area contributed by atoms with Crippen LogP contribution in [0.2, 0.25) is 0 Å². The largest absolute Gasteiger partial charge is 0.480 e. The van der Waals surface area contributed by atoms with Crippen molar-refractivity contribution < 1.29 is 19.1 Å². The lowest BCUT2D eigenvalue weighted by molar-refractivity contribution is -0.139. The zero-order chi connectivity index (χ0) is 12.8. The first-order valence-electron chi connectivity index (χ1n) is 4.99. The molecule has 0 unspecified atom stereocenters. The first-order valence-corrected chi connectivity index (χ1v) is 6.38. The Labute approximate surface area is 103 Å². The Morgan fingerprint density at radius 2 is 2.35 bits per heavy atom. The van der Waals surface area contributed by atoms with E-state index >= 15 is 0 Å². The Bertz CT molecular complexity index is 405. The number of rotatable bonds is 6. The third-order valence-electron chi connectivity index (χ3n) is 2.17. The number of nitrogens with one attached hydrogen (secondary N) is 1. The Morgan fingerprint density at radius 1 is 1.65 bits per heavy atom. The van der Waals surface area contributed by atoms with E-state index in [-0.39, 0.29) is 5.76 Å². The number of carboxylic acids is 1. The molecule has 1 amide bonds. The van der Waals surface area contributed by atoms with Crippen LogP contribution >= 0.6 is 11.8 Å². The van der Waals surface area contributed by atoms with Crippen LogP contribution < -0.4 is 5.32 Å². The molecule has 0 spiro atoms. The van der Waals surface area contributed by atoms with Crippen molar-refractivity contribution in [1.29, 1.82) is 0 Å². The molecule has 0 saturated heterocycles. The molecule has 1 heterocycles. The van der Waals surface area contributed by atoms with Gasteiger partial charge in [-0.05, 0) is 25.4 Å². The van der Waals surface area contributed by atoms with Crippen LogP contribution in [0.1, 0.15) is 22.7 Å². The summed E-state index contributed by atoms with van der Waals surface area (Å²) in [6, 6.07) is -0.903. The Hall–Kier alpha value is -1.50. The van der Waals surface area contributed by atoms with Crippen LogP contribution in [-0.4, -0.2) is 40.0 Å². The van der Waals surface area contributed by atoms with E-state index in [4.69, 9.17) is 9.52 Å². The minimum atomic E-state index is -1.05. The maximum absolute atomic E-state index is 11.7. The van der Waals surface area contributed by atoms with E-state index in [0.29, 0.717) is 17.9 Å². The predicted octanol–water partition coefficient (Wildman–Crippen LogP) is 0.919. The van der Waals surface area contributed by atoms with Gasteiger partial charge >= 0.3 is 5.97 Å². The monoisotopic (exact) mass is 258 g/mol. The van der Waals surface area contributed by atoms with Crippen molar-refractivity contribution in [1.82, 2.24) is 10.3 Å². The van der Waals surface area contributed by atoms with Gasteiger partial charge in [-0.2, -0.15) is 11.8 Å². The van der Waals surface area contributed by atoms with Gasteiger partial charge in [0.25, 0.3) is 5.91 Å². The second kappa shape index (κ2) is 6.29. The van der Waals surface area contributed by atoms with E-state index in [9.17, 15) is 9.59 Å². The molecule has 1 atom stereocenters. The molecule has 0 saturated carbocycles. The fraction of sp³-hybridized carbons (Fsp3) is 0.500. The number of thioether (sulfide) groups is 1. The number of nitrogens with zero attached hydrogens (tertiary/aromatic N) is 1. The van der Waals surface area contributed by atoms with Gasteiger partial charge in [-0.3, -0.25) is 4.79 Å². The molecule has 6 nitrogen and oxygen atoms in total. The fourth-order valence-corrected chi connectivity index (χ4v) is 1.71. The van der Waals surface area contributed by atoms with Crippen molar-refractivity contribution >= 4 is 23.6 Å². The third kappa shape index (κ3) is 3.77. The SMILES string of the molecule is CSCC[C@@H](NC(=O)c1ocnc1C)C(=O)O. The van der Waals surface area contributed by atoms with E-state index in [2.05, 4.69) is 10.3 Å². The highest BCUT2D eigenvalue weighted by Gasteiger charge is 2.22. The van der Waals surface area contributed by atoms with Gasteiger partial charge in [-0.25, -0.2) is 9.78 Å². The van der Waals surface area contributed by atoms with Gasteiger partial charge in [0, 0.05) is 0 Å². The molecule has 0 aromatic carbocycles. The summed E-state index contributed by atoms with van der Waals surface area (Å²) in [6.07, 6.45) is 3.40. The van der Waals surface area contributed by atoms with E-state index in [1.165, 1.54) is 11.8 Å². The summed E-state index contributed by atoms with van der Waals surface area (Å²) in [4.78, 5) is 26.4. The zero-order valence-corrected chi connectivity index (χ0v) is 10.4. The van der Waals surface area contributed by atoms with Crippen molar-refractivity contribution in [3.8, 4) is 0 Å². The topological polar surface area (TPSA) is 92.4 Å². The minimum Gasteiger partial charge on any atom is -0.480 e. The summed E-state index contributed by atoms with van der Waals surface area (Å²) in [5.41, 5.74) is 0.441. The molecular weight excluding hydrogens is 244 g/mol. The number of aliphatic carboxylic acids is 1. The summed E-state index contributed by atoms with van der Waals surface area (Å²) in [6.45, 7) is 1.62. The van der Waals surface area contributed by atoms with Crippen molar-refractivity contribution in [2.75, 3.05) is 12.0 Å². The smallest absolute Gasteiger partial charge is 0.326 e. The number of hydrogen-bond donors (Lipinski definition) is 2. The quantitative estimate of drug-likeness (QED) is 0.788. The number of aryl methyl sites for hydroxylation is 1. The van der Waals surface area contributed by atoms with Crippen LogP contribution in [0.15, 0.2) is 10.8 Å². The van der Waals surface area contributed by atoms with Crippen molar-refractivity contribution in [3.63, 3.8) is 0 Å². The van der Waals surface area contributed by atoms with Crippen LogP contribution in [0.4, 0.5) is 0 Å². The van der Waals surface area contributed by atoms with Gasteiger partial charge < -0.3 is 14.8 Å². The molecule has 1 rings (SSSR count). The number of aromatic nitrogens is 1. The highest BCUT2D eigenvalue weighted by Crippen LogP contribution is 2.07. The standard InChI is InChI=1S/C10H14N2O4S/c1-6-8(16-5-11-6)9(13)12-7(10(14)15)3-4-17-2/h5,7H,3-4H2,1-2H3,(H,12,13)(H,14,15)/t7-/m1/s1. The number of carbonyl (C=O) groups is 2. The normalized spacial score (nSPS) is 12.1. The summed E-state index contributed by atoms with van der Waals surface area (Å²) in [5, 5.41) is 11.4. The van der Waals surface area contributed by atoms with Crippen molar-refractivity contribution in [2.45, 2.75) is 19.4 Å². The van der Waals surface area contributed by atoms with Gasteiger partial charge in [0.05, 0.1) is 5.69 Å². The molecule has 94 valence electrons. The fourth-order valence-electron chi connectivity index (χ4n) is 1.24. The third-order valence-corrected chi connectivity index (χ3v) is 2.81. The lowest BCUT2D eigenvalue weighted by atomic mass is 10.2. The number of amides is 1. The first kappa shape index (κ1) is 13.6. The number of carboxylic acid groups (broad SMARTS) is 1. The molecule has 0 radical (unpaired) electrons. The lowest BCUT2D eigenvalue weighted by Gasteiger charge is -2.12. The summed E-state index contributed by atoms with van der Waals surface area (Å²) in [7, 11) is 0. The van der Waals surface area contributed by atoms with Gasteiger partial charge in [0.15, 0.2) is 6.39 Å². The first-order chi connectivity index (χ1) is 8.06. The average Bonchev–Trinajstić information content (AvgIpc) is 2.70. The highest BCUT2D eigenvalue weighted by atomic mass is 32.2. The molecule has 0 fully saturated rings. The molecule has 0 bridgehead atoms. The molecule has 0 aliphatic heterocycles. The average molecular weight is 258 g/mol. The summed E-state index contributed by atoms with van der Waals surface area (Å²) >= 11 is 1.52. The molecule has 0 aliphatic rings. The zero-order valence-electron chi connectivity index (χ0n) is 9.60. The van der Waals surface area contributed by atoms with Gasteiger partial charge in [0.2, 0.25) is 5.76 Å². The summed E-state index contributed by atoms with van der Waals surface area (Å²) in [5.74, 6) is -0.884. The van der Waals surface area contributed by atoms with Crippen LogP contribution in [0, 0.1) is 6.92 Å². The molecule has 17 heavy (non-hydrogen) atoms. The molecule has 2 N–H and O–H groups in total. The van der Waals surface area contributed by atoms with Crippen molar-refractivity contribution in [3.05, 3.63) is 17.8 Å². The van der Waals surface area contributed by atoms with Crippen LogP contribution in [0.3, 0.4) is 0 Å². The number of carbonyl (C=O) groups excluding carboxylic acids is 1. The second-order valence-corrected chi connectivity index (χ2v) is 4.40. The molecule has 7 heteroatoms. The van der Waals surface area contributed by atoms with Gasteiger partial charge in [0.1, 0.15) is 6.04 Å². The van der Waals surface area contributed by atoms with Crippen molar-refractivity contribution in [2.24, 2.45) is 0 Å². The Balaban J connectivity index is 2.64. The number of oxazole rings is 1. The maximum Gasteiger partial charge on any atom is 0.326 e. The Morgan fingerprint density at radius 3 is 2.82 bits per heavy atom. The lowest BCUT2D eigenvalue weighted by Crippen LogP contribution is -2.41. The highest BCUT2D eigenvalue weighted by molar-refractivity contribution is 7.98. The molecule has 0 aliphatic carbocycles. The van der Waals surface area contributed by atoms with E-state index in [1.54, 1.807) is 6.92 Å². The second-order valence-electron chi connectivity index (χ2n) is 3.41. The van der Waals surface area contributed by atoms with Gasteiger partial charge in [-0.15, -0.1) is 0 Å². The van der Waals surface area contributed by atoms with Crippen LogP contribution in [0.5, 0.6) is 0 Å². The van der Waals surface area contributed by atoms with E-state index in [1.807, 2.05) is 6.26 Å². The maximum atomic E-state index is 11.7. The number of hydrogen-bond acceptors (Lipinski definition) is 5. The van der Waals surface area contributed by atoms with E-state index in [0.717, 1.165) is 6.39 Å². The minimum absolute atomic E-state index is 0.0559. The molecular formula is C10H14N2O4S. The van der Waals surface area contributed by atoms with Crippen LogP contribution in [0.25, 0.3) is 0 Å².